The molecule has 2 heterocycles. The van der Waals surface area contributed by atoms with Gasteiger partial charge in [-0.05, 0) is 26.0 Å². The van der Waals surface area contributed by atoms with E-state index in [1.165, 1.54) is 10.7 Å². The molecule has 0 atom stereocenters. The maximum absolute atomic E-state index is 11.7. The van der Waals surface area contributed by atoms with Gasteiger partial charge in [0, 0.05) is 24.4 Å². The Morgan fingerprint density at radius 2 is 2.17 bits per heavy atom. The summed E-state index contributed by atoms with van der Waals surface area (Å²) in [5.74, 6) is 0.801. The number of aryl methyl sites for hydroxylation is 1. The van der Waals surface area contributed by atoms with Crippen molar-refractivity contribution >= 4 is 5.82 Å². The van der Waals surface area contributed by atoms with E-state index in [-0.39, 0.29) is 5.56 Å². The molecule has 2 aromatic heterocycles. The molecule has 0 aliphatic heterocycles. The average molecular weight is 244 g/mol. The second-order valence-corrected chi connectivity index (χ2v) is 4.01. The molecule has 0 aromatic carbocycles. The third kappa shape index (κ3) is 2.74. The van der Waals surface area contributed by atoms with Crippen LogP contribution in [0.4, 0.5) is 5.82 Å². The predicted octanol–water partition coefficient (Wildman–Crippen LogP) is 1.43. The quantitative estimate of drug-likeness (QED) is 0.883. The van der Waals surface area contributed by atoms with Crippen LogP contribution in [-0.2, 0) is 6.54 Å². The second-order valence-electron chi connectivity index (χ2n) is 4.01. The third-order valence-electron chi connectivity index (χ3n) is 2.56. The molecule has 94 valence electrons. The topological polar surface area (TPSA) is 59.8 Å². The Labute approximate surface area is 105 Å². The van der Waals surface area contributed by atoms with E-state index in [1.807, 2.05) is 26.0 Å². The van der Waals surface area contributed by atoms with Crippen LogP contribution in [0.15, 0.2) is 35.3 Å². The van der Waals surface area contributed by atoms with Gasteiger partial charge in [0.15, 0.2) is 0 Å². The molecule has 0 bridgehead atoms. The monoisotopic (exact) mass is 244 g/mol. The van der Waals surface area contributed by atoms with Gasteiger partial charge in [-0.25, -0.2) is 9.67 Å². The third-order valence-corrected chi connectivity index (χ3v) is 2.56. The molecule has 0 saturated heterocycles. The Kier molecular flexibility index (Phi) is 3.72. The van der Waals surface area contributed by atoms with Gasteiger partial charge in [0.05, 0.1) is 12.2 Å². The zero-order valence-electron chi connectivity index (χ0n) is 10.6. The Bertz CT molecular complexity index is 592. The largest absolute Gasteiger partial charge is 0.370 e. The summed E-state index contributed by atoms with van der Waals surface area (Å²) in [5.41, 5.74) is 1.68. The van der Waals surface area contributed by atoms with Crippen LogP contribution in [-0.4, -0.2) is 21.3 Å². The second kappa shape index (κ2) is 5.44. The van der Waals surface area contributed by atoms with Crippen molar-refractivity contribution in [3.63, 3.8) is 0 Å². The highest BCUT2D eigenvalue weighted by Gasteiger charge is 2.05. The Hall–Kier alpha value is -2.17. The van der Waals surface area contributed by atoms with E-state index in [4.69, 9.17) is 0 Å². The highest BCUT2D eigenvalue weighted by Crippen LogP contribution is 2.11. The fraction of sp³-hybridized carbons (Fsp3) is 0.308. The van der Waals surface area contributed by atoms with Crippen molar-refractivity contribution in [2.75, 3.05) is 11.9 Å². The zero-order chi connectivity index (χ0) is 13.0. The SMILES string of the molecule is CCNc1ncccc1Cn1nc(C)ccc1=O. The van der Waals surface area contributed by atoms with Crippen molar-refractivity contribution < 1.29 is 0 Å². The summed E-state index contributed by atoms with van der Waals surface area (Å²) in [7, 11) is 0. The van der Waals surface area contributed by atoms with Gasteiger partial charge in [-0.3, -0.25) is 4.79 Å². The number of anilines is 1. The van der Waals surface area contributed by atoms with Gasteiger partial charge in [-0.2, -0.15) is 5.10 Å². The lowest BCUT2D eigenvalue weighted by atomic mass is 10.2. The van der Waals surface area contributed by atoms with Crippen molar-refractivity contribution in [2.24, 2.45) is 0 Å². The van der Waals surface area contributed by atoms with Crippen LogP contribution < -0.4 is 10.9 Å². The van der Waals surface area contributed by atoms with E-state index < -0.39 is 0 Å². The van der Waals surface area contributed by atoms with E-state index in [1.54, 1.807) is 12.3 Å². The molecule has 2 aromatic rings. The minimum absolute atomic E-state index is 0.105. The summed E-state index contributed by atoms with van der Waals surface area (Å²) in [4.78, 5) is 16.0. The molecular formula is C13H16N4O. The first-order chi connectivity index (χ1) is 8.70. The fourth-order valence-corrected chi connectivity index (χ4v) is 1.72. The zero-order valence-corrected chi connectivity index (χ0v) is 10.6. The first-order valence-electron chi connectivity index (χ1n) is 5.93. The van der Waals surface area contributed by atoms with Crippen LogP contribution in [0, 0.1) is 6.92 Å². The molecular weight excluding hydrogens is 228 g/mol. The minimum atomic E-state index is -0.105. The Balaban J connectivity index is 2.33. The lowest BCUT2D eigenvalue weighted by molar-refractivity contribution is 0.628. The van der Waals surface area contributed by atoms with E-state index in [9.17, 15) is 4.79 Å². The molecule has 0 unspecified atom stereocenters. The molecule has 0 radical (unpaired) electrons. The number of hydrogen-bond donors (Lipinski definition) is 1. The van der Waals surface area contributed by atoms with Gasteiger partial charge < -0.3 is 5.32 Å². The van der Waals surface area contributed by atoms with Crippen molar-refractivity contribution in [1.29, 1.82) is 0 Å². The number of rotatable bonds is 4. The molecule has 5 nitrogen and oxygen atoms in total. The highest BCUT2D eigenvalue weighted by atomic mass is 16.1. The molecule has 0 amide bonds. The fourth-order valence-electron chi connectivity index (χ4n) is 1.72. The highest BCUT2D eigenvalue weighted by molar-refractivity contribution is 5.43. The molecule has 0 spiro atoms. The molecule has 0 aliphatic carbocycles. The summed E-state index contributed by atoms with van der Waals surface area (Å²) in [6.45, 7) is 5.09. The Morgan fingerprint density at radius 3 is 2.94 bits per heavy atom. The normalized spacial score (nSPS) is 10.3. The van der Waals surface area contributed by atoms with Crippen molar-refractivity contribution in [2.45, 2.75) is 20.4 Å². The van der Waals surface area contributed by atoms with Crippen LogP contribution in [0.5, 0.6) is 0 Å². The number of aromatic nitrogens is 3. The van der Waals surface area contributed by atoms with Gasteiger partial charge in [0.2, 0.25) is 0 Å². The maximum Gasteiger partial charge on any atom is 0.267 e. The van der Waals surface area contributed by atoms with Crippen LogP contribution in [0.1, 0.15) is 18.2 Å². The summed E-state index contributed by atoms with van der Waals surface area (Å²) >= 11 is 0. The van der Waals surface area contributed by atoms with Crippen LogP contribution in [0.25, 0.3) is 0 Å². The molecule has 5 heteroatoms. The van der Waals surface area contributed by atoms with E-state index >= 15 is 0 Å². The first kappa shape index (κ1) is 12.3. The van der Waals surface area contributed by atoms with E-state index in [0.717, 1.165) is 23.6 Å². The number of nitrogens with zero attached hydrogens (tertiary/aromatic N) is 3. The molecule has 1 N–H and O–H groups in total. The Morgan fingerprint density at radius 1 is 1.33 bits per heavy atom. The molecule has 0 saturated carbocycles. The molecule has 0 fully saturated rings. The smallest absolute Gasteiger partial charge is 0.267 e. The lowest BCUT2D eigenvalue weighted by Gasteiger charge is -2.10. The number of nitrogens with one attached hydrogen (secondary N) is 1. The average Bonchev–Trinajstić information content (AvgIpc) is 2.36. The lowest BCUT2D eigenvalue weighted by Crippen LogP contribution is -2.23. The summed E-state index contributed by atoms with van der Waals surface area (Å²) in [5, 5.41) is 7.39. The standard InChI is InChI=1S/C13H16N4O/c1-3-14-13-11(5-4-8-15-13)9-17-12(18)7-6-10(2)16-17/h4-8H,3,9H2,1-2H3,(H,14,15). The number of hydrogen-bond acceptors (Lipinski definition) is 4. The van der Waals surface area contributed by atoms with Crippen molar-refractivity contribution in [3.05, 3.63) is 52.1 Å². The van der Waals surface area contributed by atoms with Crippen molar-refractivity contribution in [1.82, 2.24) is 14.8 Å². The summed E-state index contributed by atoms with van der Waals surface area (Å²) < 4.78 is 1.45. The van der Waals surface area contributed by atoms with Crippen molar-refractivity contribution in [3.8, 4) is 0 Å². The minimum Gasteiger partial charge on any atom is -0.370 e. The van der Waals surface area contributed by atoms with Gasteiger partial charge in [-0.1, -0.05) is 6.07 Å². The molecule has 2 rings (SSSR count). The van der Waals surface area contributed by atoms with Gasteiger partial charge in [0.1, 0.15) is 5.82 Å². The first-order valence-corrected chi connectivity index (χ1v) is 5.93. The van der Waals surface area contributed by atoms with E-state index in [0.29, 0.717) is 6.54 Å². The van der Waals surface area contributed by atoms with Crippen LogP contribution >= 0.6 is 0 Å². The van der Waals surface area contributed by atoms with Crippen LogP contribution in [0.3, 0.4) is 0 Å². The van der Waals surface area contributed by atoms with Gasteiger partial charge >= 0.3 is 0 Å². The van der Waals surface area contributed by atoms with E-state index in [2.05, 4.69) is 15.4 Å². The van der Waals surface area contributed by atoms with Gasteiger partial charge in [-0.15, -0.1) is 0 Å². The summed E-state index contributed by atoms with van der Waals surface area (Å²) in [6.07, 6.45) is 1.73. The molecule has 0 aliphatic rings. The predicted molar refractivity (Wildman–Crippen MR) is 70.7 cm³/mol. The van der Waals surface area contributed by atoms with Gasteiger partial charge in [0.25, 0.3) is 5.56 Å². The number of pyridine rings is 1. The maximum atomic E-state index is 11.7. The van der Waals surface area contributed by atoms with Crippen LogP contribution in [0.2, 0.25) is 0 Å². The summed E-state index contributed by atoms with van der Waals surface area (Å²) in [6, 6.07) is 7.05. The molecule has 18 heavy (non-hydrogen) atoms.